The monoisotopic (exact) mass is 631 g/mol. The van der Waals surface area contributed by atoms with Crippen molar-refractivity contribution in [2.24, 2.45) is 11.3 Å². The summed E-state index contributed by atoms with van der Waals surface area (Å²) in [6, 6.07) is 18.1. The molecule has 1 saturated carbocycles. The standard InChI is InChI=1S/C32H32Cl2FNO5S/c1-2-32(18-29(37)38)17-25(22-6-5-7-24(34)16-22)30(21-12-14-23(33)15-13-21)36(31(32)39)27(20-10-11-20)19-42(40,41)28-9-4-3-8-26(28)35/h3-9,12-16,20,25,27,30H,2,10-11,17-19H2,1H3,(H,37,38)/t25-,27-,30-,32+/m1/s1. The summed E-state index contributed by atoms with van der Waals surface area (Å²) in [5.41, 5.74) is 0.276. The molecule has 6 nitrogen and oxygen atoms in total. The van der Waals surface area contributed by atoms with Gasteiger partial charge in [0.15, 0.2) is 9.84 Å². The van der Waals surface area contributed by atoms with Crippen molar-refractivity contribution in [3.8, 4) is 0 Å². The zero-order chi connectivity index (χ0) is 30.2. The minimum Gasteiger partial charge on any atom is -0.481 e. The van der Waals surface area contributed by atoms with Gasteiger partial charge < -0.3 is 10.0 Å². The van der Waals surface area contributed by atoms with Crippen molar-refractivity contribution in [1.82, 2.24) is 4.90 Å². The minimum absolute atomic E-state index is 0.136. The van der Waals surface area contributed by atoms with Gasteiger partial charge in [0.25, 0.3) is 0 Å². The Bertz CT molecular complexity index is 1590. The summed E-state index contributed by atoms with van der Waals surface area (Å²) in [4.78, 5) is 28.1. The van der Waals surface area contributed by atoms with Crippen LogP contribution in [0.1, 0.15) is 62.1 Å². The number of piperidine rings is 1. The fraction of sp³-hybridized carbons (Fsp3) is 0.375. The molecule has 42 heavy (non-hydrogen) atoms. The van der Waals surface area contributed by atoms with Crippen LogP contribution in [0, 0.1) is 17.2 Å². The average molecular weight is 633 g/mol. The van der Waals surface area contributed by atoms with Crippen LogP contribution in [0.25, 0.3) is 0 Å². The molecule has 1 amide bonds. The van der Waals surface area contributed by atoms with E-state index in [-0.39, 0.29) is 18.8 Å². The van der Waals surface area contributed by atoms with Gasteiger partial charge in [-0.25, -0.2) is 12.8 Å². The van der Waals surface area contributed by atoms with Crippen LogP contribution in [0.4, 0.5) is 4.39 Å². The van der Waals surface area contributed by atoms with E-state index in [4.69, 9.17) is 23.2 Å². The van der Waals surface area contributed by atoms with Gasteiger partial charge in [0.1, 0.15) is 10.7 Å². The van der Waals surface area contributed by atoms with Gasteiger partial charge in [0, 0.05) is 22.0 Å². The second-order valence-electron chi connectivity index (χ2n) is 11.4. The Morgan fingerprint density at radius 3 is 2.31 bits per heavy atom. The zero-order valence-electron chi connectivity index (χ0n) is 23.0. The molecule has 1 heterocycles. The van der Waals surface area contributed by atoms with Crippen LogP contribution < -0.4 is 0 Å². The molecule has 4 atom stereocenters. The first kappa shape index (κ1) is 30.5. The lowest BCUT2D eigenvalue weighted by molar-refractivity contribution is -0.162. The van der Waals surface area contributed by atoms with Crippen molar-refractivity contribution in [2.75, 3.05) is 5.75 Å². The molecule has 10 heteroatoms. The van der Waals surface area contributed by atoms with Crippen molar-refractivity contribution in [2.45, 2.75) is 61.9 Å². The maximum atomic E-state index is 14.7. The lowest BCUT2D eigenvalue weighted by Crippen LogP contribution is -2.58. The Balaban J connectivity index is 1.72. The van der Waals surface area contributed by atoms with Gasteiger partial charge in [-0.2, -0.15) is 0 Å². The minimum atomic E-state index is -4.16. The highest BCUT2D eigenvalue weighted by molar-refractivity contribution is 7.91. The molecule has 3 aromatic rings. The van der Waals surface area contributed by atoms with E-state index in [1.165, 1.54) is 18.2 Å². The highest BCUT2D eigenvalue weighted by Gasteiger charge is 2.56. The third-order valence-electron chi connectivity index (χ3n) is 8.72. The van der Waals surface area contributed by atoms with E-state index >= 15 is 0 Å². The normalized spacial score (nSPS) is 23.5. The third kappa shape index (κ3) is 6.08. The van der Waals surface area contributed by atoms with Crippen molar-refractivity contribution >= 4 is 44.9 Å². The van der Waals surface area contributed by atoms with Crippen molar-refractivity contribution in [3.05, 3.63) is 99.8 Å². The molecule has 1 N–H and O–H groups in total. The smallest absolute Gasteiger partial charge is 0.304 e. The van der Waals surface area contributed by atoms with E-state index in [9.17, 15) is 27.5 Å². The number of likely N-dealkylation sites (tertiary alicyclic amines) is 1. The van der Waals surface area contributed by atoms with E-state index in [1.54, 1.807) is 30.0 Å². The molecule has 0 aromatic heterocycles. The van der Waals surface area contributed by atoms with E-state index in [2.05, 4.69) is 0 Å². The molecule has 0 spiro atoms. The number of carboxylic acids is 1. The van der Waals surface area contributed by atoms with E-state index < -0.39 is 68.0 Å². The van der Waals surface area contributed by atoms with E-state index in [0.717, 1.165) is 17.2 Å². The average Bonchev–Trinajstić information content (AvgIpc) is 3.79. The van der Waals surface area contributed by atoms with Gasteiger partial charge in [-0.1, -0.05) is 66.5 Å². The van der Waals surface area contributed by atoms with Crippen LogP contribution in [0.2, 0.25) is 10.0 Å². The fourth-order valence-corrected chi connectivity index (χ4v) is 8.49. The number of carbonyl (C=O) groups is 2. The van der Waals surface area contributed by atoms with Gasteiger partial charge in [-0.15, -0.1) is 0 Å². The molecule has 0 radical (unpaired) electrons. The molecule has 2 fully saturated rings. The third-order valence-corrected chi connectivity index (χ3v) is 11.0. The predicted octanol–water partition coefficient (Wildman–Crippen LogP) is 7.31. The first-order chi connectivity index (χ1) is 20.0. The summed E-state index contributed by atoms with van der Waals surface area (Å²) in [6.45, 7) is 1.79. The number of sulfone groups is 1. The van der Waals surface area contributed by atoms with E-state index in [0.29, 0.717) is 22.9 Å². The fourth-order valence-electron chi connectivity index (χ4n) is 6.45. The Morgan fingerprint density at radius 1 is 1.02 bits per heavy atom. The predicted molar refractivity (Wildman–Crippen MR) is 160 cm³/mol. The lowest BCUT2D eigenvalue weighted by atomic mass is 9.65. The van der Waals surface area contributed by atoms with Gasteiger partial charge in [0.2, 0.25) is 5.91 Å². The van der Waals surface area contributed by atoms with Crippen LogP contribution >= 0.6 is 23.2 Å². The maximum absolute atomic E-state index is 14.7. The number of rotatable bonds is 10. The summed E-state index contributed by atoms with van der Waals surface area (Å²) in [5, 5.41) is 11.0. The first-order valence-electron chi connectivity index (χ1n) is 14.0. The summed E-state index contributed by atoms with van der Waals surface area (Å²) in [5.74, 6) is -3.38. The Labute approximate surface area is 255 Å². The molecule has 3 aromatic carbocycles. The molecule has 0 unspecified atom stereocenters. The Morgan fingerprint density at radius 2 is 1.71 bits per heavy atom. The van der Waals surface area contributed by atoms with Crippen LogP contribution in [-0.2, 0) is 19.4 Å². The van der Waals surface area contributed by atoms with Crippen LogP contribution in [0.3, 0.4) is 0 Å². The SMILES string of the molecule is CC[C@@]1(CC(=O)O)C[C@H](c2cccc(Cl)c2)[C@@H](c2ccc(Cl)cc2)N([C@H](CS(=O)(=O)c2ccccc2F)C2CC2)C1=O. The number of amides is 1. The summed E-state index contributed by atoms with van der Waals surface area (Å²) in [6.07, 6.45) is 1.48. The van der Waals surface area contributed by atoms with Gasteiger partial charge in [-0.3, -0.25) is 9.59 Å². The molecular weight excluding hydrogens is 600 g/mol. The maximum Gasteiger partial charge on any atom is 0.304 e. The van der Waals surface area contributed by atoms with Crippen LogP contribution in [0.5, 0.6) is 0 Å². The first-order valence-corrected chi connectivity index (χ1v) is 16.4. The summed E-state index contributed by atoms with van der Waals surface area (Å²) < 4.78 is 42.2. The molecular formula is C32H32Cl2FNO5S. The number of aliphatic carboxylic acids is 1. The number of hydrogen-bond acceptors (Lipinski definition) is 4. The second-order valence-corrected chi connectivity index (χ2v) is 14.3. The van der Waals surface area contributed by atoms with Crippen LogP contribution in [-0.4, -0.2) is 42.1 Å². The highest BCUT2D eigenvalue weighted by Crippen LogP contribution is 2.55. The number of carbonyl (C=O) groups excluding carboxylic acids is 1. The highest BCUT2D eigenvalue weighted by atomic mass is 35.5. The summed E-state index contributed by atoms with van der Waals surface area (Å²) in [7, 11) is -4.16. The molecule has 1 saturated heterocycles. The quantitative estimate of drug-likeness (QED) is 0.253. The summed E-state index contributed by atoms with van der Waals surface area (Å²) >= 11 is 12.6. The number of hydrogen-bond donors (Lipinski definition) is 1. The van der Waals surface area contributed by atoms with Crippen molar-refractivity contribution < 1.29 is 27.5 Å². The second kappa shape index (κ2) is 12.0. The van der Waals surface area contributed by atoms with Crippen molar-refractivity contribution in [3.63, 3.8) is 0 Å². The molecule has 0 bridgehead atoms. The van der Waals surface area contributed by atoms with Crippen molar-refractivity contribution in [1.29, 1.82) is 0 Å². The molecule has 1 aliphatic carbocycles. The Hall–Kier alpha value is -2.94. The number of nitrogens with zero attached hydrogens (tertiary/aromatic N) is 1. The van der Waals surface area contributed by atoms with Gasteiger partial charge >= 0.3 is 5.97 Å². The largest absolute Gasteiger partial charge is 0.481 e. The molecule has 1 aliphatic heterocycles. The van der Waals surface area contributed by atoms with Gasteiger partial charge in [0.05, 0.1) is 23.6 Å². The number of carboxylic acid groups (broad SMARTS) is 1. The van der Waals surface area contributed by atoms with Gasteiger partial charge in [-0.05, 0) is 79.1 Å². The zero-order valence-corrected chi connectivity index (χ0v) is 25.4. The topological polar surface area (TPSA) is 91.8 Å². The number of halogens is 3. The van der Waals surface area contributed by atoms with Crippen LogP contribution in [0.15, 0.2) is 77.7 Å². The van der Waals surface area contributed by atoms with E-state index in [1.807, 2.05) is 30.3 Å². The molecule has 5 rings (SSSR count). The lowest BCUT2D eigenvalue weighted by Gasteiger charge is -2.53. The Kier molecular flexibility index (Phi) is 8.70. The molecule has 2 aliphatic rings. The molecule has 222 valence electrons. The number of benzene rings is 3.